The molecule has 1 aromatic rings. The first-order valence-corrected chi connectivity index (χ1v) is 7.30. The summed E-state index contributed by atoms with van der Waals surface area (Å²) in [7, 11) is 1.65. The Morgan fingerprint density at radius 3 is 2.95 bits per heavy atom. The number of carbonyl (C=O) groups excluding carboxylic acids is 1. The van der Waals surface area contributed by atoms with Crippen molar-refractivity contribution in [1.82, 2.24) is 5.32 Å². The zero-order valence-electron chi connectivity index (χ0n) is 11.6. The van der Waals surface area contributed by atoms with Crippen LogP contribution in [0.5, 0.6) is 11.5 Å². The summed E-state index contributed by atoms with van der Waals surface area (Å²) in [5.74, 6) is 1.12. The molecule has 20 heavy (non-hydrogen) atoms. The third kappa shape index (κ3) is 3.64. The molecule has 6 heteroatoms. The molecule has 1 aliphatic heterocycles. The Balaban J connectivity index is 2.08. The van der Waals surface area contributed by atoms with Gasteiger partial charge in [-0.3, -0.25) is 4.79 Å². The van der Waals surface area contributed by atoms with Crippen molar-refractivity contribution in [2.24, 2.45) is 0 Å². The predicted molar refractivity (Wildman–Crippen MR) is 78.6 cm³/mol. The molecule has 1 heterocycles. The van der Waals surface area contributed by atoms with Gasteiger partial charge in [0.05, 0.1) is 4.47 Å². The van der Waals surface area contributed by atoms with Crippen molar-refractivity contribution in [1.29, 1.82) is 0 Å². The molecule has 110 valence electrons. The minimum atomic E-state index is -0.133. The van der Waals surface area contributed by atoms with Crippen molar-refractivity contribution in [2.75, 3.05) is 26.9 Å². The van der Waals surface area contributed by atoms with Crippen LogP contribution >= 0.6 is 15.9 Å². The number of methoxy groups -OCH3 is 1. The molecule has 0 spiro atoms. The number of ether oxygens (including phenoxy) is 3. The zero-order chi connectivity index (χ0) is 14.5. The highest BCUT2D eigenvalue weighted by Gasteiger charge is 2.19. The van der Waals surface area contributed by atoms with Gasteiger partial charge in [-0.15, -0.1) is 0 Å². The van der Waals surface area contributed by atoms with Crippen LogP contribution in [0.1, 0.15) is 23.7 Å². The van der Waals surface area contributed by atoms with Gasteiger partial charge in [0.15, 0.2) is 11.5 Å². The van der Waals surface area contributed by atoms with E-state index < -0.39 is 0 Å². The Morgan fingerprint density at radius 2 is 2.20 bits per heavy atom. The molecule has 0 fully saturated rings. The van der Waals surface area contributed by atoms with Crippen molar-refractivity contribution >= 4 is 21.8 Å². The molecule has 1 amide bonds. The summed E-state index contributed by atoms with van der Waals surface area (Å²) in [5.41, 5.74) is 0.547. The van der Waals surface area contributed by atoms with E-state index >= 15 is 0 Å². The number of hydrogen-bond donors (Lipinski definition) is 1. The Labute approximate surface area is 126 Å². The SMILES string of the molecule is COCC[C@@H](C)NC(=O)c1cc(Br)c2c(c1)OCCO2. The van der Waals surface area contributed by atoms with E-state index in [-0.39, 0.29) is 11.9 Å². The number of hydrogen-bond acceptors (Lipinski definition) is 4. The van der Waals surface area contributed by atoms with Crippen molar-refractivity contribution in [3.63, 3.8) is 0 Å². The summed E-state index contributed by atoms with van der Waals surface area (Å²) in [6.45, 7) is 3.58. The van der Waals surface area contributed by atoms with Crippen LogP contribution < -0.4 is 14.8 Å². The Morgan fingerprint density at radius 1 is 1.45 bits per heavy atom. The molecule has 0 bridgehead atoms. The van der Waals surface area contributed by atoms with Gasteiger partial charge in [0.1, 0.15) is 13.2 Å². The van der Waals surface area contributed by atoms with Gasteiger partial charge in [0.2, 0.25) is 0 Å². The number of fused-ring (bicyclic) bond motifs is 1. The second-order valence-corrected chi connectivity index (χ2v) is 5.49. The average Bonchev–Trinajstić information content (AvgIpc) is 2.45. The molecule has 1 N–H and O–H groups in total. The molecule has 0 unspecified atom stereocenters. The molecule has 0 radical (unpaired) electrons. The predicted octanol–water partition coefficient (Wildman–Crippen LogP) is 2.38. The van der Waals surface area contributed by atoms with Gasteiger partial charge in [-0.05, 0) is 41.4 Å². The fourth-order valence-electron chi connectivity index (χ4n) is 1.92. The molecule has 5 nitrogen and oxygen atoms in total. The highest BCUT2D eigenvalue weighted by Crippen LogP contribution is 2.38. The largest absolute Gasteiger partial charge is 0.486 e. The van der Waals surface area contributed by atoms with Crippen LogP contribution in [0.2, 0.25) is 0 Å². The zero-order valence-corrected chi connectivity index (χ0v) is 13.2. The van der Waals surface area contributed by atoms with Crippen LogP contribution in [0.4, 0.5) is 0 Å². The first kappa shape index (κ1) is 15.1. The number of rotatable bonds is 5. The molecule has 2 rings (SSSR count). The summed E-state index contributed by atoms with van der Waals surface area (Å²) in [4.78, 5) is 12.2. The number of halogens is 1. The number of carbonyl (C=O) groups is 1. The highest BCUT2D eigenvalue weighted by molar-refractivity contribution is 9.10. The summed E-state index contributed by atoms with van der Waals surface area (Å²) in [5, 5.41) is 2.93. The number of benzene rings is 1. The molecular formula is C14H18BrNO4. The van der Waals surface area contributed by atoms with Gasteiger partial charge in [0.25, 0.3) is 5.91 Å². The monoisotopic (exact) mass is 343 g/mol. The lowest BCUT2D eigenvalue weighted by Gasteiger charge is -2.21. The molecule has 0 aromatic heterocycles. The van der Waals surface area contributed by atoms with Crippen LogP contribution in [-0.4, -0.2) is 38.9 Å². The molecular weight excluding hydrogens is 326 g/mol. The summed E-state index contributed by atoms with van der Waals surface area (Å²) < 4.78 is 16.7. The second kappa shape index (κ2) is 6.95. The summed E-state index contributed by atoms with van der Waals surface area (Å²) in [6.07, 6.45) is 0.772. The van der Waals surface area contributed by atoms with E-state index in [0.717, 1.165) is 10.9 Å². The van der Waals surface area contributed by atoms with Gasteiger partial charge in [-0.2, -0.15) is 0 Å². The van der Waals surface area contributed by atoms with Crippen molar-refractivity contribution in [2.45, 2.75) is 19.4 Å². The van der Waals surface area contributed by atoms with Crippen molar-refractivity contribution in [3.05, 3.63) is 22.2 Å². The molecule has 0 aliphatic carbocycles. The van der Waals surface area contributed by atoms with E-state index in [0.29, 0.717) is 36.9 Å². The van der Waals surface area contributed by atoms with Gasteiger partial charge >= 0.3 is 0 Å². The van der Waals surface area contributed by atoms with E-state index in [1.54, 1.807) is 19.2 Å². The van der Waals surface area contributed by atoms with Gasteiger partial charge < -0.3 is 19.5 Å². The number of nitrogens with one attached hydrogen (secondary N) is 1. The third-order valence-electron chi connectivity index (χ3n) is 2.99. The molecule has 1 atom stereocenters. The van der Waals surface area contributed by atoms with Gasteiger partial charge in [-0.25, -0.2) is 0 Å². The first-order chi connectivity index (χ1) is 9.61. The maximum Gasteiger partial charge on any atom is 0.251 e. The lowest BCUT2D eigenvalue weighted by Crippen LogP contribution is -2.33. The molecule has 0 saturated carbocycles. The van der Waals surface area contributed by atoms with E-state index in [9.17, 15) is 4.79 Å². The number of amides is 1. The van der Waals surface area contributed by atoms with E-state index in [4.69, 9.17) is 14.2 Å². The topological polar surface area (TPSA) is 56.8 Å². The Kier molecular flexibility index (Phi) is 5.25. The molecule has 1 aromatic carbocycles. The average molecular weight is 344 g/mol. The Bertz CT molecular complexity index is 492. The normalized spacial score (nSPS) is 14.8. The first-order valence-electron chi connectivity index (χ1n) is 6.50. The maximum absolute atomic E-state index is 12.2. The minimum absolute atomic E-state index is 0.0504. The van der Waals surface area contributed by atoms with Crippen LogP contribution in [0, 0.1) is 0 Å². The second-order valence-electron chi connectivity index (χ2n) is 4.64. The van der Waals surface area contributed by atoms with E-state index in [1.807, 2.05) is 6.92 Å². The van der Waals surface area contributed by atoms with Crippen LogP contribution in [-0.2, 0) is 4.74 Å². The lowest BCUT2D eigenvalue weighted by atomic mass is 10.1. The fraction of sp³-hybridized carbons (Fsp3) is 0.500. The Hall–Kier alpha value is -1.27. The lowest BCUT2D eigenvalue weighted by molar-refractivity contribution is 0.0928. The van der Waals surface area contributed by atoms with Crippen molar-refractivity contribution in [3.8, 4) is 11.5 Å². The quantitative estimate of drug-likeness (QED) is 0.891. The molecule has 1 aliphatic rings. The van der Waals surface area contributed by atoms with Gasteiger partial charge in [-0.1, -0.05) is 0 Å². The summed E-state index contributed by atoms with van der Waals surface area (Å²) in [6, 6.07) is 3.50. The van der Waals surface area contributed by atoms with Crippen LogP contribution in [0.3, 0.4) is 0 Å². The van der Waals surface area contributed by atoms with Gasteiger partial charge in [0, 0.05) is 25.3 Å². The smallest absolute Gasteiger partial charge is 0.251 e. The van der Waals surface area contributed by atoms with Crippen molar-refractivity contribution < 1.29 is 19.0 Å². The van der Waals surface area contributed by atoms with Crippen LogP contribution in [0.15, 0.2) is 16.6 Å². The minimum Gasteiger partial charge on any atom is -0.486 e. The maximum atomic E-state index is 12.2. The molecule has 0 saturated heterocycles. The fourth-order valence-corrected chi connectivity index (χ4v) is 2.47. The van der Waals surface area contributed by atoms with E-state index in [2.05, 4.69) is 21.2 Å². The van der Waals surface area contributed by atoms with Crippen LogP contribution in [0.25, 0.3) is 0 Å². The summed E-state index contributed by atoms with van der Waals surface area (Å²) >= 11 is 3.40. The third-order valence-corrected chi connectivity index (χ3v) is 3.58. The standard InChI is InChI=1S/C14H18BrNO4/c1-9(3-4-18-2)16-14(17)10-7-11(15)13-12(8-10)19-5-6-20-13/h7-9H,3-6H2,1-2H3,(H,16,17)/t9-/m1/s1. The van der Waals surface area contributed by atoms with E-state index in [1.165, 1.54) is 0 Å². The highest BCUT2D eigenvalue weighted by atomic mass is 79.9.